The molecule has 1 saturated heterocycles. The fourth-order valence-electron chi connectivity index (χ4n) is 1.80. The Labute approximate surface area is 50.5 Å². The minimum atomic E-state index is 0.925. The van der Waals surface area contributed by atoms with Crippen LogP contribution >= 0.6 is 0 Å². The summed E-state index contributed by atoms with van der Waals surface area (Å²) in [5, 5.41) is 3.42. The molecule has 0 aromatic heterocycles. The SMILES string of the molecule is [CH]1C2CCC1CNC2. The van der Waals surface area contributed by atoms with Crippen LogP contribution in [0.5, 0.6) is 0 Å². The predicted octanol–water partition coefficient (Wildman–Crippen LogP) is 0.820. The number of piperidine rings is 1. The monoisotopic (exact) mass is 110 g/mol. The molecular formula is C7H12N. The van der Waals surface area contributed by atoms with Crippen LogP contribution in [0.2, 0.25) is 0 Å². The third-order valence-electron chi connectivity index (χ3n) is 2.27. The van der Waals surface area contributed by atoms with E-state index in [1.54, 1.807) is 0 Å². The summed E-state index contributed by atoms with van der Waals surface area (Å²) in [4.78, 5) is 0. The second-order valence-electron chi connectivity index (χ2n) is 2.95. The normalized spacial score (nSPS) is 45.0. The standard InChI is InChI=1S/C7H12N/c1-2-7-3-6(1)4-8-5-7/h3,6-8H,1-2,4-5H2. The molecule has 2 unspecified atom stereocenters. The van der Waals surface area contributed by atoms with Crippen molar-refractivity contribution in [2.45, 2.75) is 12.8 Å². The van der Waals surface area contributed by atoms with E-state index in [1.165, 1.54) is 25.9 Å². The molecule has 1 aliphatic carbocycles. The average Bonchev–Trinajstić information content (AvgIpc) is 2.12. The Morgan fingerprint density at radius 3 is 2.25 bits per heavy atom. The maximum atomic E-state index is 3.42. The number of hydrogen-bond acceptors (Lipinski definition) is 1. The molecule has 2 bridgehead atoms. The quantitative estimate of drug-likeness (QED) is 0.487. The highest BCUT2D eigenvalue weighted by Crippen LogP contribution is 2.31. The summed E-state index contributed by atoms with van der Waals surface area (Å²) in [6.45, 7) is 2.49. The number of nitrogens with one attached hydrogen (secondary N) is 1. The summed E-state index contributed by atoms with van der Waals surface area (Å²) in [6, 6.07) is 0. The van der Waals surface area contributed by atoms with E-state index in [9.17, 15) is 0 Å². The van der Waals surface area contributed by atoms with Crippen molar-refractivity contribution in [3.63, 3.8) is 0 Å². The van der Waals surface area contributed by atoms with Gasteiger partial charge in [-0.05, 0) is 44.2 Å². The lowest BCUT2D eigenvalue weighted by atomic mass is 10.0. The van der Waals surface area contributed by atoms with Crippen molar-refractivity contribution < 1.29 is 0 Å². The molecule has 8 heavy (non-hydrogen) atoms. The highest BCUT2D eigenvalue weighted by Gasteiger charge is 2.27. The number of hydrogen-bond donors (Lipinski definition) is 1. The molecule has 0 amide bonds. The molecule has 1 saturated carbocycles. The van der Waals surface area contributed by atoms with E-state index in [4.69, 9.17) is 0 Å². The smallest absolute Gasteiger partial charge is 0.00175 e. The summed E-state index contributed by atoms with van der Waals surface area (Å²) in [5.41, 5.74) is 0. The van der Waals surface area contributed by atoms with E-state index in [2.05, 4.69) is 11.7 Å². The van der Waals surface area contributed by atoms with Gasteiger partial charge < -0.3 is 5.32 Å². The Morgan fingerprint density at radius 1 is 1.12 bits per heavy atom. The van der Waals surface area contributed by atoms with Crippen LogP contribution in [-0.4, -0.2) is 13.1 Å². The Bertz CT molecular complexity index is 76.4. The van der Waals surface area contributed by atoms with Gasteiger partial charge in [0, 0.05) is 0 Å². The molecule has 1 heterocycles. The molecule has 2 fully saturated rings. The summed E-state index contributed by atoms with van der Waals surface area (Å²) in [7, 11) is 0. The highest BCUT2D eigenvalue weighted by molar-refractivity contribution is 4.96. The van der Waals surface area contributed by atoms with Gasteiger partial charge in [0.15, 0.2) is 0 Å². The van der Waals surface area contributed by atoms with Crippen LogP contribution in [0.15, 0.2) is 0 Å². The number of rotatable bonds is 0. The first kappa shape index (κ1) is 4.80. The van der Waals surface area contributed by atoms with Crippen LogP contribution in [0, 0.1) is 18.3 Å². The van der Waals surface area contributed by atoms with Gasteiger partial charge in [-0.2, -0.15) is 0 Å². The van der Waals surface area contributed by atoms with Crippen molar-refractivity contribution in [3.8, 4) is 0 Å². The zero-order chi connectivity index (χ0) is 5.40. The van der Waals surface area contributed by atoms with Gasteiger partial charge in [-0.3, -0.25) is 0 Å². The van der Waals surface area contributed by atoms with Gasteiger partial charge in [-0.25, -0.2) is 0 Å². The van der Waals surface area contributed by atoms with Crippen molar-refractivity contribution >= 4 is 0 Å². The van der Waals surface area contributed by atoms with Gasteiger partial charge in [-0.15, -0.1) is 0 Å². The van der Waals surface area contributed by atoms with Crippen LogP contribution < -0.4 is 5.32 Å². The lowest BCUT2D eigenvalue weighted by Crippen LogP contribution is -2.30. The lowest BCUT2D eigenvalue weighted by molar-refractivity contribution is 0.475. The van der Waals surface area contributed by atoms with E-state index in [0.29, 0.717) is 0 Å². The van der Waals surface area contributed by atoms with E-state index in [1.807, 2.05) is 0 Å². The van der Waals surface area contributed by atoms with Gasteiger partial charge in [0.05, 0.1) is 0 Å². The molecule has 0 aromatic carbocycles. The zero-order valence-corrected chi connectivity index (χ0v) is 5.06. The van der Waals surface area contributed by atoms with Gasteiger partial charge in [0.1, 0.15) is 0 Å². The molecule has 0 aromatic rings. The predicted molar refractivity (Wildman–Crippen MR) is 33.4 cm³/mol. The van der Waals surface area contributed by atoms with E-state index in [0.717, 1.165) is 11.8 Å². The van der Waals surface area contributed by atoms with Crippen molar-refractivity contribution in [1.82, 2.24) is 5.32 Å². The molecule has 2 atom stereocenters. The Hall–Kier alpha value is -0.0400. The maximum Gasteiger partial charge on any atom is -0.00175 e. The van der Waals surface area contributed by atoms with Gasteiger partial charge >= 0.3 is 0 Å². The van der Waals surface area contributed by atoms with Crippen molar-refractivity contribution in [3.05, 3.63) is 6.42 Å². The van der Waals surface area contributed by atoms with E-state index < -0.39 is 0 Å². The third kappa shape index (κ3) is 0.655. The molecule has 2 rings (SSSR count). The molecule has 1 heteroatoms. The summed E-state index contributed by atoms with van der Waals surface area (Å²) < 4.78 is 0. The molecule has 0 spiro atoms. The third-order valence-corrected chi connectivity index (χ3v) is 2.27. The van der Waals surface area contributed by atoms with Crippen LogP contribution in [0.3, 0.4) is 0 Å². The van der Waals surface area contributed by atoms with Gasteiger partial charge in [0.2, 0.25) is 0 Å². The summed E-state index contributed by atoms with van der Waals surface area (Å²) in [6.07, 6.45) is 5.41. The zero-order valence-electron chi connectivity index (χ0n) is 5.06. The van der Waals surface area contributed by atoms with Crippen LogP contribution in [0.4, 0.5) is 0 Å². The Balaban J connectivity index is 2.03. The first-order chi connectivity index (χ1) is 3.95. The fourth-order valence-corrected chi connectivity index (χ4v) is 1.80. The first-order valence-electron chi connectivity index (χ1n) is 3.51. The minimum Gasteiger partial charge on any atom is -0.316 e. The second-order valence-corrected chi connectivity index (χ2v) is 2.95. The van der Waals surface area contributed by atoms with Crippen molar-refractivity contribution in [1.29, 1.82) is 0 Å². The lowest BCUT2D eigenvalue weighted by Gasteiger charge is -2.18. The summed E-state index contributed by atoms with van der Waals surface area (Å²) in [5.74, 6) is 1.85. The fraction of sp³-hybridized carbons (Fsp3) is 0.857. The molecule has 1 nitrogen and oxygen atoms in total. The minimum absolute atomic E-state index is 0.925. The molecular weight excluding hydrogens is 98.1 g/mol. The Morgan fingerprint density at radius 2 is 1.75 bits per heavy atom. The van der Waals surface area contributed by atoms with E-state index in [-0.39, 0.29) is 0 Å². The highest BCUT2D eigenvalue weighted by atomic mass is 14.9. The largest absolute Gasteiger partial charge is 0.316 e. The first-order valence-corrected chi connectivity index (χ1v) is 3.51. The maximum absolute atomic E-state index is 3.42. The van der Waals surface area contributed by atoms with Gasteiger partial charge in [-0.1, -0.05) is 0 Å². The molecule has 1 radical (unpaired) electrons. The Kier molecular flexibility index (Phi) is 1.04. The van der Waals surface area contributed by atoms with Crippen LogP contribution in [-0.2, 0) is 0 Å². The average molecular weight is 110 g/mol. The molecule has 2 aliphatic rings. The van der Waals surface area contributed by atoms with E-state index >= 15 is 0 Å². The van der Waals surface area contributed by atoms with Crippen molar-refractivity contribution in [2.75, 3.05) is 13.1 Å². The van der Waals surface area contributed by atoms with Gasteiger partial charge in [0.25, 0.3) is 0 Å². The van der Waals surface area contributed by atoms with Crippen molar-refractivity contribution in [2.24, 2.45) is 11.8 Å². The molecule has 1 aliphatic heterocycles. The van der Waals surface area contributed by atoms with Crippen LogP contribution in [0.1, 0.15) is 12.8 Å². The molecule has 45 valence electrons. The summed E-state index contributed by atoms with van der Waals surface area (Å²) >= 11 is 0. The molecule has 1 N–H and O–H groups in total. The second kappa shape index (κ2) is 1.73. The van der Waals surface area contributed by atoms with Crippen LogP contribution in [0.25, 0.3) is 0 Å². The topological polar surface area (TPSA) is 12.0 Å². The number of fused-ring (bicyclic) bond motifs is 2.